The summed E-state index contributed by atoms with van der Waals surface area (Å²) in [7, 11) is 2.66. The van der Waals surface area contributed by atoms with Gasteiger partial charge in [-0.2, -0.15) is 0 Å². The number of likely N-dealkylation sites (N-methyl/N-ethyl adjacent to an activating group) is 1. The summed E-state index contributed by atoms with van der Waals surface area (Å²) in [5, 5.41) is 9.72. The monoisotopic (exact) mass is 351 g/mol. The van der Waals surface area contributed by atoms with Crippen LogP contribution in [0.15, 0.2) is 30.3 Å². The number of guanidine groups is 1. The quantitative estimate of drug-likeness (QED) is 0.242. The van der Waals surface area contributed by atoms with Crippen LogP contribution in [0.25, 0.3) is 0 Å². The lowest BCUT2D eigenvalue weighted by atomic mass is 10.2. The first-order valence-corrected chi connectivity index (χ1v) is 7.42. The molecule has 9 heteroatoms. The predicted molar refractivity (Wildman–Crippen MR) is 88.0 cm³/mol. The molecule has 0 aliphatic carbocycles. The number of esters is 2. The summed E-state index contributed by atoms with van der Waals surface area (Å²) >= 11 is 0. The van der Waals surface area contributed by atoms with Gasteiger partial charge in [0.1, 0.15) is 19.8 Å². The Morgan fingerprint density at radius 3 is 2.36 bits per heavy atom. The van der Waals surface area contributed by atoms with Gasteiger partial charge < -0.3 is 19.1 Å². The molecule has 136 valence electrons. The first-order chi connectivity index (χ1) is 11.9. The van der Waals surface area contributed by atoms with Crippen molar-refractivity contribution in [3.63, 3.8) is 0 Å². The summed E-state index contributed by atoms with van der Waals surface area (Å²) in [6, 6.07) is 9.11. The zero-order chi connectivity index (χ0) is 18.7. The maximum atomic E-state index is 11.6. The molecule has 0 fully saturated rings. The number of nitrogens with zero attached hydrogens (tertiary/aromatic N) is 1. The molecular formula is C16H21N3O6. The van der Waals surface area contributed by atoms with Gasteiger partial charge in [-0.15, -0.1) is 0 Å². The van der Waals surface area contributed by atoms with E-state index in [1.807, 2.05) is 30.3 Å². The standard InChI is InChI=1S/C16H21N3O6/c1-19(11-14(21)23-2)15(17)18-16(22)25-9-8-24-13(20)10-12-6-4-3-5-7-12/h3-7H,8-11H2,1-2H3,(H2,17,18,22). The minimum absolute atomic E-state index is 0.0928. The molecule has 2 N–H and O–H groups in total. The highest BCUT2D eigenvalue weighted by Gasteiger charge is 2.13. The second kappa shape index (κ2) is 10.6. The van der Waals surface area contributed by atoms with E-state index in [1.165, 1.54) is 19.1 Å². The molecule has 0 spiro atoms. The Labute approximate surface area is 145 Å². The number of hydrogen-bond donors (Lipinski definition) is 2. The van der Waals surface area contributed by atoms with Gasteiger partial charge in [0.25, 0.3) is 0 Å². The zero-order valence-electron chi connectivity index (χ0n) is 14.1. The zero-order valence-corrected chi connectivity index (χ0v) is 14.1. The second-order valence-electron chi connectivity index (χ2n) is 4.92. The molecule has 0 aromatic heterocycles. The number of amides is 1. The van der Waals surface area contributed by atoms with Crippen LogP contribution in [-0.4, -0.2) is 62.8 Å². The Bertz CT molecular complexity index is 605. The lowest BCUT2D eigenvalue weighted by Crippen LogP contribution is -2.44. The summed E-state index contributed by atoms with van der Waals surface area (Å²) in [6.07, 6.45) is -0.753. The number of carbonyl (C=O) groups is 3. The first-order valence-electron chi connectivity index (χ1n) is 7.42. The Kier molecular flexibility index (Phi) is 8.48. The van der Waals surface area contributed by atoms with E-state index in [1.54, 1.807) is 0 Å². The van der Waals surface area contributed by atoms with E-state index in [0.717, 1.165) is 5.56 Å². The molecule has 1 aromatic carbocycles. The minimum Gasteiger partial charge on any atom is -0.468 e. The Balaban J connectivity index is 2.18. The molecule has 0 atom stereocenters. The maximum absolute atomic E-state index is 11.6. The van der Waals surface area contributed by atoms with E-state index in [4.69, 9.17) is 14.9 Å². The van der Waals surface area contributed by atoms with Crippen molar-refractivity contribution in [2.24, 2.45) is 0 Å². The van der Waals surface area contributed by atoms with Gasteiger partial charge in [-0.1, -0.05) is 30.3 Å². The highest BCUT2D eigenvalue weighted by molar-refractivity contribution is 5.93. The van der Waals surface area contributed by atoms with E-state index in [9.17, 15) is 14.4 Å². The predicted octanol–water partition coefficient (Wildman–Crippen LogP) is 0.538. The molecule has 0 aliphatic rings. The lowest BCUT2D eigenvalue weighted by Gasteiger charge is -2.18. The average molecular weight is 351 g/mol. The maximum Gasteiger partial charge on any atom is 0.414 e. The first kappa shape index (κ1) is 19.9. The van der Waals surface area contributed by atoms with Crippen molar-refractivity contribution < 1.29 is 28.6 Å². The molecule has 0 bridgehead atoms. The lowest BCUT2D eigenvalue weighted by molar-refractivity contribution is -0.144. The van der Waals surface area contributed by atoms with Crippen LogP contribution in [0.4, 0.5) is 4.79 Å². The Morgan fingerprint density at radius 2 is 1.72 bits per heavy atom. The number of hydrogen-bond acceptors (Lipinski definition) is 7. The van der Waals surface area contributed by atoms with Gasteiger partial charge in [0.2, 0.25) is 5.96 Å². The summed E-state index contributed by atoms with van der Waals surface area (Å²) in [5.41, 5.74) is 0.827. The smallest absolute Gasteiger partial charge is 0.414 e. The third-order valence-electron chi connectivity index (χ3n) is 2.97. The molecule has 0 unspecified atom stereocenters. The summed E-state index contributed by atoms with van der Waals surface area (Å²) in [4.78, 5) is 35.3. The van der Waals surface area contributed by atoms with Crippen LogP contribution in [0, 0.1) is 5.41 Å². The van der Waals surface area contributed by atoms with Crippen LogP contribution in [-0.2, 0) is 30.2 Å². The van der Waals surface area contributed by atoms with Gasteiger partial charge in [0.05, 0.1) is 13.5 Å². The molecule has 1 rings (SSSR count). The van der Waals surface area contributed by atoms with Crippen LogP contribution >= 0.6 is 0 Å². The third kappa shape index (κ3) is 8.35. The van der Waals surface area contributed by atoms with Crippen molar-refractivity contribution in [3.8, 4) is 0 Å². The van der Waals surface area contributed by atoms with E-state index in [0.29, 0.717) is 0 Å². The summed E-state index contributed by atoms with van der Waals surface area (Å²) in [6.45, 7) is -0.433. The summed E-state index contributed by atoms with van der Waals surface area (Å²) < 4.78 is 14.2. The van der Waals surface area contributed by atoms with Gasteiger partial charge in [0.15, 0.2) is 0 Å². The van der Waals surface area contributed by atoms with Crippen LogP contribution in [0.3, 0.4) is 0 Å². The molecule has 1 amide bonds. The molecular weight excluding hydrogens is 330 g/mol. The van der Waals surface area contributed by atoms with Gasteiger partial charge in [0, 0.05) is 7.05 Å². The van der Waals surface area contributed by atoms with Crippen LogP contribution < -0.4 is 5.32 Å². The number of carbonyl (C=O) groups excluding carboxylic acids is 3. The second-order valence-corrected chi connectivity index (χ2v) is 4.92. The number of ether oxygens (including phenoxy) is 3. The number of rotatable bonds is 7. The summed E-state index contributed by atoms with van der Waals surface area (Å²) in [5.74, 6) is -1.30. The topological polar surface area (TPSA) is 118 Å². The van der Waals surface area contributed by atoms with E-state index < -0.39 is 18.0 Å². The Morgan fingerprint density at radius 1 is 1.08 bits per heavy atom. The SMILES string of the molecule is COC(=O)CN(C)C(=N)NC(=O)OCCOC(=O)Cc1ccccc1. The fourth-order valence-corrected chi connectivity index (χ4v) is 1.67. The van der Waals surface area contributed by atoms with Crippen molar-refractivity contribution in [1.82, 2.24) is 10.2 Å². The van der Waals surface area contributed by atoms with E-state index >= 15 is 0 Å². The number of alkyl carbamates (subject to hydrolysis) is 1. The fourth-order valence-electron chi connectivity index (χ4n) is 1.67. The van der Waals surface area contributed by atoms with E-state index in [2.05, 4.69) is 10.1 Å². The van der Waals surface area contributed by atoms with Crippen molar-refractivity contribution in [3.05, 3.63) is 35.9 Å². The molecule has 9 nitrogen and oxygen atoms in total. The van der Waals surface area contributed by atoms with Crippen molar-refractivity contribution in [2.45, 2.75) is 6.42 Å². The number of nitrogens with one attached hydrogen (secondary N) is 2. The number of benzene rings is 1. The fraction of sp³-hybridized carbons (Fsp3) is 0.375. The molecule has 0 radical (unpaired) electrons. The normalized spacial score (nSPS) is 9.68. The highest BCUT2D eigenvalue weighted by atomic mass is 16.6. The van der Waals surface area contributed by atoms with Gasteiger partial charge in [-0.05, 0) is 5.56 Å². The van der Waals surface area contributed by atoms with Crippen molar-refractivity contribution >= 4 is 24.0 Å². The third-order valence-corrected chi connectivity index (χ3v) is 2.97. The van der Waals surface area contributed by atoms with Gasteiger partial charge >= 0.3 is 18.0 Å². The molecule has 0 saturated carbocycles. The minimum atomic E-state index is -0.888. The average Bonchev–Trinajstić information content (AvgIpc) is 2.59. The van der Waals surface area contributed by atoms with Gasteiger partial charge in [-0.3, -0.25) is 20.3 Å². The van der Waals surface area contributed by atoms with Crippen molar-refractivity contribution in [2.75, 3.05) is 33.9 Å². The van der Waals surface area contributed by atoms with Crippen molar-refractivity contribution in [1.29, 1.82) is 5.41 Å². The Hall–Kier alpha value is -3.10. The van der Waals surface area contributed by atoms with Crippen LogP contribution in [0.2, 0.25) is 0 Å². The largest absolute Gasteiger partial charge is 0.468 e. The van der Waals surface area contributed by atoms with Gasteiger partial charge in [-0.25, -0.2) is 4.79 Å². The van der Waals surface area contributed by atoms with Crippen LogP contribution in [0.1, 0.15) is 5.56 Å². The van der Waals surface area contributed by atoms with E-state index in [-0.39, 0.29) is 32.1 Å². The number of methoxy groups -OCH3 is 1. The molecule has 0 saturated heterocycles. The molecule has 0 aliphatic heterocycles. The molecule has 25 heavy (non-hydrogen) atoms. The molecule has 1 aromatic rings. The van der Waals surface area contributed by atoms with Crippen LogP contribution in [0.5, 0.6) is 0 Å². The highest BCUT2D eigenvalue weighted by Crippen LogP contribution is 2.00. The molecule has 0 heterocycles.